The summed E-state index contributed by atoms with van der Waals surface area (Å²) in [5.74, 6) is 0.994. The van der Waals surface area contributed by atoms with Gasteiger partial charge in [0, 0.05) is 0 Å². The zero-order valence-electron chi connectivity index (χ0n) is 8.94. The molecule has 1 unspecified atom stereocenters. The second-order valence-electron chi connectivity index (χ2n) is 5.12. The second-order valence-corrected chi connectivity index (χ2v) is 5.12. The molecule has 0 spiro atoms. The van der Waals surface area contributed by atoms with Crippen LogP contribution in [-0.4, -0.2) is 13.1 Å². The average molecular weight is 181 g/mol. The first-order valence-corrected chi connectivity index (χ1v) is 6.05. The van der Waals surface area contributed by atoms with Gasteiger partial charge in [0.2, 0.25) is 0 Å². The van der Waals surface area contributed by atoms with Gasteiger partial charge in [0.15, 0.2) is 0 Å². The van der Waals surface area contributed by atoms with E-state index in [4.69, 9.17) is 0 Å². The highest BCUT2D eigenvalue weighted by Crippen LogP contribution is 2.49. The number of hydrogen-bond acceptors (Lipinski definition) is 1. The molecule has 76 valence electrons. The van der Waals surface area contributed by atoms with E-state index in [2.05, 4.69) is 12.2 Å². The lowest BCUT2D eigenvalue weighted by Gasteiger charge is -2.44. The molecule has 1 saturated heterocycles. The van der Waals surface area contributed by atoms with Crippen LogP contribution in [0.2, 0.25) is 0 Å². The number of nitrogens with one attached hydrogen (secondary N) is 1. The molecule has 0 bridgehead atoms. The van der Waals surface area contributed by atoms with E-state index >= 15 is 0 Å². The lowest BCUT2D eigenvalue weighted by Crippen LogP contribution is -2.37. The molecule has 0 aromatic carbocycles. The molecule has 1 heteroatoms. The fourth-order valence-corrected chi connectivity index (χ4v) is 3.09. The van der Waals surface area contributed by atoms with Crippen molar-refractivity contribution in [3.8, 4) is 0 Å². The summed E-state index contributed by atoms with van der Waals surface area (Å²) in [5, 5.41) is 3.53. The molecule has 1 atom stereocenters. The minimum absolute atomic E-state index is 0.781. The Morgan fingerprint density at radius 1 is 1.31 bits per heavy atom. The topological polar surface area (TPSA) is 12.0 Å². The van der Waals surface area contributed by atoms with Crippen molar-refractivity contribution in [1.82, 2.24) is 5.32 Å². The molecular weight excluding hydrogens is 158 g/mol. The van der Waals surface area contributed by atoms with Crippen LogP contribution in [0, 0.1) is 11.3 Å². The highest BCUT2D eigenvalue weighted by Gasteiger charge is 2.37. The van der Waals surface area contributed by atoms with Crippen LogP contribution in [0.5, 0.6) is 0 Å². The molecule has 2 rings (SSSR count). The van der Waals surface area contributed by atoms with E-state index in [-0.39, 0.29) is 0 Å². The quantitative estimate of drug-likeness (QED) is 0.706. The van der Waals surface area contributed by atoms with Gasteiger partial charge in [-0.25, -0.2) is 0 Å². The zero-order chi connectivity index (χ0) is 9.15. The molecule has 0 radical (unpaired) electrons. The Morgan fingerprint density at radius 2 is 2.15 bits per heavy atom. The molecule has 1 saturated carbocycles. The summed E-state index contributed by atoms with van der Waals surface area (Å²) < 4.78 is 0. The number of piperidine rings is 1. The number of rotatable bonds is 3. The van der Waals surface area contributed by atoms with E-state index < -0.39 is 0 Å². The molecule has 1 heterocycles. The summed E-state index contributed by atoms with van der Waals surface area (Å²) in [6, 6.07) is 0. The van der Waals surface area contributed by atoms with Crippen LogP contribution in [0.15, 0.2) is 0 Å². The third kappa shape index (κ3) is 2.07. The first-order chi connectivity index (χ1) is 6.35. The molecule has 2 fully saturated rings. The summed E-state index contributed by atoms with van der Waals surface area (Å²) in [7, 11) is 0. The smallest absolute Gasteiger partial charge is 0.00203 e. The third-order valence-corrected chi connectivity index (χ3v) is 4.28. The van der Waals surface area contributed by atoms with Crippen molar-refractivity contribution >= 4 is 0 Å². The minimum Gasteiger partial charge on any atom is -0.316 e. The van der Waals surface area contributed by atoms with Crippen molar-refractivity contribution in [3.63, 3.8) is 0 Å². The van der Waals surface area contributed by atoms with Gasteiger partial charge in [-0.2, -0.15) is 0 Å². The van der Waals surface area contributed by atoms with Crippen molar-refractivity contribution < 1.29 is 0 Å². The van der Waals surface area contributed by atoms with Gasteiger partial charge in [0.25, 0.3) is 0 Å². The van der Waals surface area contributed by atoms with Crippen LogP contribution in [0.4, 0.5) is 0 Å². The highest BCUT2D eigenvalue weighted by molar-refractivity contribution is 4.89. The molecular formula is C12H23N. The van der Waals surface area contributed by atoms with E-state index in [1.54, 1.807) is 0 Å². The normalized spacial score (nSPS) is 32.5. The van der Waals surface area contributed by atoms with Gasteiger partial charge in [-0.3, -0.25) is 0 Å². The van der Waals surface area contributed by atoms with Gasteiger partial charge in [-0.15, -0.1) is 0 Å². The summed E-state index contributed by atoms with van der Waals surface area (Å²) in [6.07, 6.45) is 10.3. The van der Waals surface area contributed by atoms with Crippen LogP contribution in [-0.2, 0) is 0 Å². The van der Waals surface area contributed by atoms with E-state index in [9.17, 15) is 0 Å². The number of hydrogen-bond donors (Lipinski definition) is 1. The maximum absolute atomic E-state index is 3.53. The van der Waals surface area contributed by atoms with Crippen molar-refractivity contribution in [2.75, 3.05) is 13.1 Å². The first kappa shape index (κ1) is 9.51. The van der Waals surface area contributed by atoms with Gasteiger partial charge in [-0.05, 0) is 56.5 Å². The fraction of sp³-hybridized carbons (Fsp3) is 1.00. The maximum Gasteiger partial charge on any atom is -0.00203 e. The largest absolute Gasteiger partial charge is 0.316 e. The van der Waals surface area contributed by atoms with Crippen molar-refractivity contribution in [2.45, 2.75) is 51.9 Å². The maximum atomic E-state index is 3.53. The Morgan fingerprint density at radius 3 is 2.62 bits per heavy atom. The Hall–Kier alpha value is -0.0400. The van der Waals surface area contributed by atoms with Crippen LogP contribution < -0.4 is 5.32 Å². The lowest BCUT2D eigenvalue weighted by atomic mass is 9.62. The molecule has 2 aliphatic rings. The molecule has 0 aromatic heterocycles. The highest BCUT2D eigenvalue weighted by atomic mass is 14.9. The molecule has 1 nitrogen and oxygen atoms in total. The SMILES string of the molecule is CCC1(CC2CCCNC2)CCC1. The van der Waals surface area contributed by atoms with Crippen LogP contribution >= 0.6 is 0 Å². The Kier molecular flexibility index (Phi) is 2.92. The van der Waals surface area contributed by atoms with E-state index in [1.165, 1.54) is 58.0 Å². The Bertz CT molecular complexity index is 149. The second kappa shape index (κ2) is 4.00. The monoisotopic (exact) mass is 181 g/mol. The Labute approximate surface area is 82.3 Å². The minimum atomic E-state index is 0.781. The molecule has 13 heavy (non-hydrogen) atoms. The van der Waals surface area contributed by atoms with E-state index in [0.29, 0.717) is 0 Å². The predicted octanol–water partition coefficient (Wildman–Crippen LogP) is 2.96. The third-order valence-electron chi connectivity index (χ3n) is 4.28. The summed E-state index contributed by atoms with van der Waals surface area (Å²) in [4.78, 5) is 0. The summed E-state index contributed by atoms with van der Waals surface area (Å²) >= 11 is 0. The van der Waals surface area contributed by atoms with Gasteiger partial charge in [0.05, 0.1) is 0 Å². The van der Waals surface area contributed by atoms with Crippen LogP contribution in [0.3, 0.4) is 0 Å². The molecule has 0 aromatic rings. The first-order valence-electron chi connectivity index (χ1n) is 6.05. The fourth-order valence-electron chi connectivity index (χ4n) is 3.09. The van der Waals surface area contributed by atoms with Crippen molar-refractivity contribution in [3.05, 3.63) is 0 Å². The molecule has 1 aliphatic carbocycles. The Balaban J connectivity index is 1.81. The lowest BCUT2D eigenvalue weighted by molar-refractivity contribution is 0.0803. The standard InChI is InChI=1S/C12H23N/c1-2-12(6-4-7-12)9-11-5-3-8-13-10-11/h11,13H,2-10H2,1H3. The van der Waals surface area contributed by atoms with Gasteiger partial charge in [0.1, 0.15) is 0 Å². The van der Waals surface area contributed by atoms with Gasteiger partial charge in [-0.1, -0.05) is 19.8 Å². The van der Waals surface area contributed by atoms with E-state index in [1.807, 2.05) is 0 Å². The van der Waals surface area contributed by atoms with Gasteiger partial charge < -0.3 is 5.32 Å². The molecule has 1 N–H and O–H groups in total. The summed E-state index contributed by atoms with van der Waals surface area (Å²) in [6.45, 7) is 4.94. The van der Waals surface area contributed by atoms with Crippen molar-refractivity contribution in [2.24, 2.45) is 11.3 Å². The summed E-state index contributed by atoms with van der Waals surface area (Å²) in [5.41, 5.74) is 0.781. The molecule has 1 aliphatic heterocycles. The van der Waals surface area contributed by atoms with Crippen molar-refractivity contribution in [1.29, 1.82) is 0 Å². The molecule has 0 amide bonds. The predicted molar refractivity (Wildman–Crippen MR) is 56.8 cm³/mol. The van der Waals surface area contributed by atoms with Crippen LogP contribution in [0.1, 0.15) is 51.9 Å². The average Bonchev–Trinajstić information content (AvgIpc) is 2.13. The van der Waals surface area contributed by atoms with Crippen LogP contribution in [0.25, 0.3) is 0 Å². The zero-order valence-corrected chi connectivity index (χ0v) is 8.94. The van der Waals surface area contributed by atoms with E-state index in [0.717, 1.165) is 11.3 Å². The van der Waals surface area contributed by atoms with Gasteiger partial charge >= 0.3 is 0 Å².